The summed E-state index contributed by atoms with van der Waals surface area (Å²) in [6.07, 6.45) is 0. The molecule has 2 rings (SSSR count). The van der Waals surface area contributed by atoms with Crippen LogP contribution in [0.15, 0.2) is 29.4 Å². The molecule has 0 aliphatic carbocycles. The van der Waals surface area contributed by atoms with E-state index in [1.54, 1.807) is 7.11 Å². The van der Waals surface area contributed by atoms with Gasteiger partial charge in [0.25, 0.3) is 0 Å². The maximum atomic E-state index is 12.3. The first-order chi connectivity index (χ1) is 12.4. The smallest absolute Gasteiger partial charge is 0.233 e. The lowest BCUT2D eigenvalue weighted by Crippen LogP contribution is -2.33. The summed E-state index contributed by atoms with van der Waals surface area (Å²) in [6, 6.07) is 7.45. The van der Waals surface area contributed by atoms with Crippen LogP contribution in [0.25, 0.3) is 11.4 Å². The van der Waals surface area contributed by atoms with Crippen LogP contribution < -0.4 is 5.32 Å². The summed E-state index contributed by atoms with van der Waals surface area (Å²) in [5.74, 6) is 1.15. The van der Waals surface area contributed by atoms with Crippen molar-refractivity contribution in [1.29, 1.82) is 0 Å². The quantitative estimate of drug-likeness (QED) is 0.657. The highest BCUT2D eigenvalue weighted by atomic mass is 35.5. The van der Waals surface area contributed by atoms with Crippen LogP contribution >= 0.6 is 23.4 Å². The Bertz CT molecular complexity index is 718. The normalized spacial score (nSPS) is 12.4. The van der Waals surface area contributed by atoms with E-state index >= 15 is 0 Å². The van der Waals surface area contributed by atoms with E-state index in [1.807, 2.05) is 35.8 Å². The van der Waals surface area contributed by atoms with Gasteiger partial charge in [-0.15, -0.1) is 10.2 Å². The second-order valence-corrected chi connectivity index (χ2v) is 8.10. The van der Waals surface area contributed by atoms with E-state index < -0.39 is 0 Å². The molecule has 2 aromatic rings. The summed E-state index contributed by atoms with van der Waals surface area (Å²) < 4.78 is 7.19. The Hall–Kier alpha value is -1.57. The summed E-state index contributed by atoms with van der Waals surface area (Å²) >= 11 is 7.37. The third kappa shape index (κ3) is 5.72. The van der Waals surface area contributed by atoms with Crippen molar-refractivity contribution >= 4 is 29.3 Å². The van der Waals surface area contributed by atoms with Crippen molar-refractivity contribution in [2.24, 2.45) is 5.92 Å². The number of thioether (sulfide) groups is 1. The molecular formula is C18H25ClN4O2S. The number of amides is 1. The van der Waals surface area contributed by atoms with Gasteiger partial charge in [-0.2, -0.15) is 0 Å². The Labute approximate surface area is 163 Å². The van der Waals surface area contributed by atoms with Crippen molar-refractivity contribution in [3.05, 3.63) is 29.3 Å². The monoisotopic (exact) mass is 396 g/mol. The topological polar surface area (TPSA) is 69.0 Å². The van der Waals surface area contributed by atoms with E-state index in [0.29, 0.717) is 35.8 Å². The fourth-order valence-electron chi connectivity index (χ4n) is 2.23. The van der Waals surface area contributed by atoms with Gasteiger partial charge in [-0.25, -0.2) is 0 Å². The summed E-state index contributed by atoms with van der Waals surface area (Å²) in [4.78, 5) is 12.3. The second kappa shape index (κ2) is 9.94. The molecule has 1 N–H and O–H groups in total. The summed E-state index contributed by atoms with van der Waals surface area (Å²) in [6.45, 7) is 7.80. The molecule has 0 spiro atoms. The first-order valence-corrected chi connectivity index (χ1v) is 9.80. The number of ether oxygens (including phenoxy) is 1. The second-order valence-electron chi connectivity index (χ2n) is 6.36. The van der Waals surface area contributed by atoms with Crippen LogP contribution in [0, 0.1) is 5.92 Å². The molecule has 1 aromatic carbocycles. The summed E-state index contributed by atoms with van der Waals surface area (Å²) in [5, 5.41) is 12.7. The van der Waals surface area contributed by atoms with Crippen molar-refractivity contribution in [2.75, 3.05) is 20.3 Å². The van der Waals surface area contributed by atoms with E-state index in [2.05, 4.69) is 29.4 Å². The number of nitrogens with zero attached hydrogens (tertiary/aromatic N) is 3. The van der Waals surface area contributed by atoms with Crippen molar-refractivity contribution < 1.29 is 9.53 Å². The van der Waals surface area contributed by atoms with Gasteiger partial charge in [0.2, 0.25) is 5.91 Å². The molecule has 1 atom stereocenters. The van der Waals surface area contributed by atoms with Gasteiger partial charge in [-0.1, -0.05) is 37.2 Å². The summed E-state index contributed by atoms with van der Waals surface area (Å²) in [5.41, 5.74) is 0.918. The summed E-state index contributed by atoms with van der Waals surface area (Å²) in [7, 11) is 1.65. The van der Waals surface area contributed by atoms with E-state index in [4.69, 9.17) is 16.3 Å². The first kappa shape index (κ1) is 20.7. The van der Waals surface area contributed by atoms with Crippen molar-refractivity contribution in [2.45, 2.75) is 37.7 Å². The zero-order chi connectivity index (χ0) is 19.1. The molecule has 0 saturated carbocycles. The molecule has 0 radical (unpaired) electrons. The van der Waals surface area contributed by atoms with Crippen molar-refractivity contribution in [3.63, 3.8) is 0 Å². The maximum Gasteiger partial charge on any atom is 0.233 e. The molecular weight excluding hydrogens is 372 g/mol. The van der Waals surface area contributed by atoms with Crippen molar-refractivity contribution in [3.8, 4) is 11.4 Å². The van der Waals surface area contributed by atoms with Crippen LogP contribution in [-0.2, 0) is 16.1 Å². The minimum Gasteiger partial charge on any atom is -0.383 e. The molecule has 1 amide bonds. The van der Waals surface area contributed by atoms with Crippen LogP contribution in [-0.4, -0.2) is 46.2 Å². The third-order valence-electron chi connectivity index (χ3n) is 3.67. The molecule has 142 valence electrons. The van der Waals surface area contributed by atoms with Gasteiger partial charge >= 0.3 is 0 Å². The number of hydrogen-bond donors (Lipinski definition) is 1. The zero-order valence-electron chi connectivity index (χ0n) is 15.5. The average Bonchev–Trinajstić information content (AvgIpc) is 3.00. The largest absolute Gasteiger partial charge is 0.383 e. The Morgan fingerprint density at radius 1 is 1.27 bits per heavy atom. The van der Waals surface area contributed by atoms with Crippen LogP contribution in [0.2, 0.25) is 5.02 Å². The lowest BCUT2D eigenvalue weighted by atomic mass is 10.2. The standard InChI is InChI=1S/C18H25ClN4O2S/c1-12(2)11-20-17(24)13(3)26-18-22-21-16(23(18)9-10-25-4)14-5-7-15(19)8-6-14/h5-8,12-13H,9-11H2,1-4H3,(H,20,24)/t13-/m0/s1. The van der Waals surface area contributed by atoms with Gasteiger partial charge in [0.05, 0.1) is 18.4 Å². The van der Waals surface area contributed by atoms with Gasteiger partial charge in [0, 0.05) is 24.2 Å². The third-order valence-corrected chi connectivity index (χ3v) is 5.01. The van der Waals surface area contributed by atoms with Crippen LogP contribution in [0.3, 0.4) is 0 Å². The van der Waals surface area contributed by atoms with Gasteiger partial charge in [0.15, 0.2) is 11.0 Å². The number of rotatable bonds is 9. The van der Waals surface area contributed by atoms with Gasteiger partial charge in [-0.3, -0.25) is 9.36 Å². The van der Waals surface area contributed by atoms with Gasteiger partial charge < -0.3 is 10.1 Å². The number of methoxy groups -OCH3 is 1. The molecule has 1 heterocycles. The predicted molar refractivity (Wildman–Crippen MR) is 106 cm³/mol. The number of benzene rings is 1. The predicted octanol–water partition coefficient (Wildman–Crippen LogP) is 3.50. The number of nitrogens with one attached hydrogen (secondary N) is 1. The number of carbonyl (C=O) groups is 1. The van der Waals surface area contributed by atoms with E-state index in [0.717, 1.165) is 11.4 Å². The Kier molecular flexibility index (Phi) is 7.93. The van der Waals surface area contributed by atoms with Crippen molar-refractivity contribution in [1.82, 2.24) is 20.1 Å². The highest BCUT2D eigenvalue weighted by Gasteiger charge is 2.20. The van der Waals surface area contributed by atoms with Crippen LogP contribution in [0.1, 0.15) is 20.8 Å². The SMILES string of the molecule is COCCn1c(S[C@@H](C)C(=O)NCC(C)C)nnc1-c1ccc(Cl)cc1. The Morgan fingerprint density at radius 3 is 2.58 bits per heavy atom. The van der Waals surface area contributed by atoms with Gasteiger partial charge in [0.1, 0.15) is 0 Å². The minimum atomic E-state index is -0.266. The lowest BCUT2D eigenvalue weighted by molar-refractivity contribution is -0.120. The van der Waals surface area contributed by atoms with E-state index in [9.17, 15) is 4.79 Å². The highest BCUT2D eigenvalue weighted by Crippen LogP contribution is 2.27. The molecule has 0 saturated heterocycles. The molecule has 1 aromatic heterocycles. The lowest BCUT2D eigenvalue weighted by Gasteiger charge is -2.14. The Morgan fingerprint density at radius 2 is 1.96 bits per heavy atom. The number of hydrogen-bond acceptors (Lipinski definition) is 5. The Balaban J connectivity index is 2.19. The molecule has 6 nitrogen and oxygen atoms in total. The molecule has 8 heteroatoms. The number of halogens is 1. The fourth-order valence-corrected chi connectivity index (χ4v) is 3.26. The molecule has 0 fully saturated rings. The van der Waals surface area contributed by atoms with E-state index in [1.165, 1.54) is 11.8 Å². The first-order valence-electron chi connectivity index (χ1n) is 8.54. The highest BCUT2D eigenvalue weighted by molar-refractivity contribution is 8.00. The zero-order valence-corrected chi connectivity index (χ0v) is 17.1. The minimum absolute atomic E-state index is 0.00182. The molecule has 0 aliphatic heterocycles. The van der Waals surface area contributed by atoms with Crippen LogP contribution in [0.4, 0.5) is 0 Å². The molecule has 0 bridgehead atoms. The number of carbonyl (C=O) groups excluding carboxylic acids is 1. The fraction of sp³-hybridized carbons (Fsp3) is 0.500. The molecule has 0 aliphatic rings. The molecule has 26 heavy (non-hydrogen) atoms. The van der Waals surface area contributed by atoms with Crippen LogP contribution in [0.5, 0.6) is 0 Å². The average molecular weight is 397 g/mol. The van der Waals surface area contributed by atoms with Gasteiger partial charge in [-0.05, 0) is 37.1 Å². The number of aromatic nitrogens is 3. The maximum absolute atomic E-state index is 12.3. The molecule has 0 unspecified atom stereocenters. The van der Waals surface area contributed by atoms with E-state index in [-0.39, 0.29) is 11.2 Å².